The molecule has 0 spiro atoms. The van der Waals surface area contributed by atoms with Gasteiger partial charge in [0.05, 0.1) is 0 Å². The van der Waals surface area contributed by atoms with Crippen molar-refractivity contribution in [2.45, 2.75) is 91.9 Å². The lowest BCUT2D eigenvalue weighted by Gasteiger charge is -2.26. The summed E-state index contributed by atoms with van der Waals surface area (Å²) in [5.74, 6) is -0.921. The summed E-state index contributed by atoms with van der Waals surface area (Å²) < 4.78 is 0. The Hall–Kier alpha value is -3.04. The lowest BCUT2D eigenvalue weighted by atomic mass is 9.76. The third kappa shape index (κ3) is 7.29. The van der Waals surface area contributed by atoms with Crippen LogP contribution in [-0.4, -0.2) is 17.3 Å². The fourth-order valence-corrected chi connectivity index (χ4v) is 6.73. The van der Waals surface area contributed by atoms with E-state index in [0.29, 0.717) is 29.8 Å². The lowest BCUT2D eigenvalue weighted by molar-refractivity contribution is -0.131. The molecule has 0 heterocycles. The summed E-state index contributed by atoms with van der Waals surface area (Å²) in [6, 6.07) is 19.8. The summed E-state index contributed by atoms with van der Waals surface area (Å²) in [6.07, 6.45) is 2.09. The Kier molecular flexibility index (Phi) is 9.93. The van der Waals surface area contributed by atoms with E-state index in [0.717, 1.165) is 33.4 Å². The molecule has 0 saturated heterocycles. The Balaban J connectivity index is 1.64. The first-order valence-corrected chi connectivity index (χ1v) is 15.7. The van der Waals surface area contributed by atoms with Gasteiger partial charge in [-0.1, -0.05) is 100 Å². The molecule has 0 aliphatic heterocycles. The van der Waals surface area contributed by atoms with E-state index in [1.165, 1.54) is 0 Å². The number of rotatable bonds is 9. The van der Waals surface area contributed by atoms with Gasteiger partial charge in [-0.05, 0) is 84.4 Å². The lowest BCUT2D eigenvalue weighted by Crippen LogP contribution is -2.30. The number of Topliss-reactive ketones (excluding diaryl/α,β-unsaturated/α-hetero) is 3. The van der Waals surface area contributed by atoms with Crippen molar-refractivity contribution in [3.63, 3.8) is 0 Å². The molecule has 3 nitrogen and oxygen atoms in total. The van der Waals surface area contributed by atoms with Crippen LogP contribution >= 0.6 is 11.6 Å². The van der Waals surface area contributed by atoms with Crippen LogP contribution in [0.25, 0.3) is 0 Å². The number of carbonyl (C=O) groups excluding carboxylic acids is 3. The van der Waals surface area contributed by atoms with E-state index in [-0.39, 0.29) is 53.4 Å². The van der Waals surface area contributed by atoms with Crippen LogP contribution in [-0.2, 0) is 27.8 Å². The second-order valence-electron chi connectivity index (χ2n) is 13.6. The van der Waals surface area contributed by atoms with Crippen LogP contribution in [0.4, 0.5) is 0 Å². The highest BCUT2D eigenvalue weighted by Crippen LogP contribution is 2.39. The molecule has 42 heavy (non-hydrogen) atoms. The zero-order chi connectivity index (χ0) is 30.8. The third-order valence-corrected chi connectivity index (χ3v) is 9.16. The highest BCUT2D eigenvalue weighted by Gasteiger charge is 2.37. The molecule has 0 N–H and O–H groups in total. The molecule has 222 valence electrons. The van der Waals surface area contributed by atoms with E-state index in [2.05, 4.69) is 40.7 Å². The van der Waals surface area contributed by atoms with E-state index in [4.69, 9.17) is 11.6 Å². The minimum absolute atomic E-state index is 0.000804. The SMILES string of the molecule is Cc1ccc(C(=O)CC(Cc2ccccc2C)C(=O)CC2CCc3cc(Cl)ccc3C(C(C)C)C2=O)c(C(C)(C)C)c1. The molecular formula is C38H45ClO3. The molecule has 3 aromatic rings. The minimum Gasteiger partial charge on any atom is -0.299 e. The number of ketones is 3. The van der Waals surface area contributed by atoms with Crippen molar-refractivity contribution in [1.82, 2.24) is 0 Å². The summed E-state index contributed by atoms with van der Waals surface area (Å²) in [7, 11) is 0. The van der Waals surface area contributed by atoms with Gasteiger partial charge in [-0.25, -0.2) is 0 Å². The Morgan fingerprint density at radius 2 is 1.69 bits per heavy atom. The van der Waals surface area contributed by atoms with Gasteiger partial charge in [-0.2, -0.15) is 0 Å². The molecule has 0 amide bonds. The molecule has 1 aliphatic carbocycles. The fourth-order valence-electron chi connectivity index (χ4n) is 6.53. The smallest absolute Gasteiger partial charge is 0.163 e. The molecule has 4 heteroatoms. The minimum atomic E-state index is -0.502. The highest BCUT2D eigenvalue weighted by molar-refractivity contribution is 6.30. The molecule has 0 aromatic heterocycles. The molecule has 0 radical (unpaired) electrons. The van der Waals surface area contributed by atoms with E-state index < -0.39 is 5.92 Å². The normalized spacial score (nSPS) is 18.0. The number of fused-ring (bicyclic) bond motifs is 1. The van der Waals surface area contributed by atoms with Gasteiger partial charge in [-0.15, -0.1) is 0 Å². The number of aryl methyl sites for hydroxylation is 3. The first-order chi connectivity index (χ1) is 19.8. The summed E-state index contributed by atoms with van der Waals surface area (Å²) in [4.78, 5) is 42.1. The Labute approximate surface area is 257 Å². The van der Waals surface area contributed by atoms with Crippen molar-refractivity contribution in [2.75, 3.05) is 0 Å². The van der Waals surface area contributed by atoms with Gasteiger partial charge in [0.2, 0.25) is 0 Å². The van der Waals surface area contributed by atoms with Gasteiger partial charge in [0, 0.05) is 41.2 Å². The largest absolute Gasteiger partial charge is 0.299 e. The Bertz CT molecular complexity index is 1480. The first kappa shape index (κ1) is 31.9. The van der Waals surface area contributed by atoms with Crippen LogP contribution in [0, 0.1) is 31.6 Å². The summed E-state index contributed by atoms with van der Waals surface area (Å²) in [5.41, 5.74) is 6.91. The molecule has 4 rings (SSSR count). The standard InChI is InChI=1S/C38H45ClO3/c1-23(2)36-31-17-15-30(39)20-27(31)13-14-28(37(36)42)21-34(40)29(19-26-11-9-8-10-25(26)4)22-35(41)32-16-12-24(3)18-33(32)38(5,6)7/h8-12,15-18,20,23,28-29,36H,13-14,19,21-22H2,1-7H3. The van der Waals surface area contributed by atoms with Crippen molar-refractivity contribution < 1.29 is 14.4 Å². The molecule has 0 fully saturated rings. The second kappa shape index (κ2) is 13.1. The predicted octanol–water partition coefficient (Wildman–Crippen LogP) is 9.22. The number of carbonyl (C=O) groups is 3. The second-order valence-corrected chi connectivity index (χ2v) is 14.1. The van der Waals surface area contributed by atoms with Crippen LogP contribution in [0.3, 0.4) is 0 Å². The average molecular weight is 585 g/mol. The monoisotopic (exact) mass is 584 g/mol. The Morgan fingerprint density at radius 1 is 0.976 bits per heavy atom. The van der Waals surface area contributed by atoms with Crippen LogP contribution in [0.1, 0.15) is 104 Å². The molecule has 3 atom stereocenters. The molecule has 0 saturated carbocycles. The Morgan fingerprint density at radius 3 is 2.36 bits per heavy atom. The molecule has 3 aromatic carbocycles. The zero-order valence-electron chi connectivity index (χ0n) is 26.2. The maximum absolute atomic E-state index is 14.2. The van der Waals surface area contributed by atoms with Gasteiger partial charge < -0.3 is 0 Å². The van der Waals surface area contributed by atoms with Gasteiger partial charge in [0.1, 0.15) is 11.6 Å². The van der Waals surface area contributed by atoms with Crippen molar-refractivity contribution in [3.8, 4) is 0 Å². The van der Waals surface area contributed by atoms with Crippen molar-refractivity contribution in [3.05, 3.63) is 105 Å². The van der Waals surface area contributed by atoms with Gasteiger partial charge in [0.15, 0.2) is 5.78 Å². The van der Waals surface area contributed by atoms with Crippen molar-refractivity contribution in [2.24, 2.45) is 17.8 Å². The third-order valence-electron chi connectivity index (χ3n) is 8.92. The average Bonchev–Trinajstić information content (AvgIpc) is 3.04. The maximum Gasteiger partial charge on any atom is 0.163 e. The number of hydrogen-bond acceptors (Lipinski definition) is 3. The van der Waals surface area contributed by atoms with Gasteiger partial charge in [0.25, 0.3) is 0 Å². The van der Waals surface area contributed by atoms with Crippen molar-refractivity contribution in [1.29, 1.82) is 0 Å². The topological polar surface area (TPSA) is 51.2 Å². The van der Waals surface area contributed by atoms with Crippen LogP contribution in [0.2, 0.25) is 5.02 Å². The van der Waals surface area contributed by atoms with Crippen molar-refractivity contribution >= 4 is 29.0 Å². The van der Waals surface area contributed by atoms with Gasteiger partial charge in [-0.3, -0.25) is 14.4 Å². The van der Waals surface area contributed by atoms with Crippen LogP contribution in [0.5, 0.6) is 0 Å². The van der Waals surface area contributed by atoms with E-state index in [1.54, 1.807) is 0 Å². The highest BCUT2D eigenvalue weighted by atomic mass is 35.5. The van der Waals surface area contributed by atoms with E-state index in [1.807, 2.05) is 68.4 Å². The molecule has 0 bridgehead atoms. The first-order valence-electron chi connectivity index (χ1n) is 15.3. The maximum atomic E-state index is 14.2. The van der Waals surface area contributed by atoms with Crippen LogP contribution in [0.15, 0.2) is 60.7 Å². The number of hydrogen-bond donors (Lipinski definition) is 0. The predicted molar refractivity (Wildman–Crippen MR) is 173 cm³/mol. The number of halogens is 1. The number of benzene rings is 3. The van der Waals surface area contributed by atoms with Crippen LogP contribution < -0.4 is 0 Å². The molecule has 1 aliphatic rings. The quantitative estimate of drug-likeness (QED) is 0.186. The van der Waals surface area contributed by atoms with E-state index >= 15 is 0 Å². The summed E-state index contributed by atoms with van der Waals surface area (Å²) in [5, 5.41) is 0.667. The zero-order valence-corrected chi connectivity index (χ0v) is 27.0. The summed E-state index contributed by atoms with van der Waals surface area (Å²) in [6.45, 7) is 14.6. The van der Waals surface area contributed by atoms with E-state index in [9.17, 15) is 14.4 Å². The van der Waals surface area contributed by atoms with Gasteiger partial charge >= 0.3 is 0 Å². The fraction of sp³-hybridized carbons (Fsp3) is 0.447. The molecule has 3 unspecified atom stereocenters. The summed E-state index contributed by atoms with van der Waals surface area (Å²) >= 11 is 6.32. The molecular weight excluding hydrogens is 540 g/mol.